The first-order valence-corrected chi connectivity index (χ1v) is 28.7. The van der Waals surface area contributed by atoms with E-state index in [1.54, 1.807) is 43.2 Å². The summed E-state index contributed by atoms with van der Waals surface area (Å²) in [6.45, 7) is 7.65. The number of nitrogens with one attached hydrogen (secondary N) is 4. The van der Waals surface area contributed by atoms with Crippen molar-refractivity contribution in [3.8, 4) is 27.3 Å². The van der Waals surface area contributed by atoms with Crippen LogP contribution in [-0.4, -0.2) is 99.1 Å². The van der Waals surface area contributed by atoms with Crippen LogP contribution in [0.4, 0.5) is 20.3 Å². The fourth-order valence-corrected chi connectivity index (χ4v) is 11.7. The second-order valence-electron chi connectivity index (χ2n) is 21.1. The molecule has 77 heavy (non-hydrogen) atoms. The molecule has 3 unspecified atom stereocenters. The molecule has 1 fully saturated rings. The number of aromatic nitrogens is 4. The molecule has 0 saturated carbocycles. The van der Waals surface area contributed by atoms with Crippen molar-refractivity contribution in [2.45, 2.75) is 122 Å². The second-order valence-corrected chi connectivity index (χ2v) is 24.1. The molecule has 1 saturated heterocycles. The fourth-order valence-electron chi connectivity index (χ4n) is 10.1. The minimum atomic E-state index is -3.67. The lowest BCUT2D eigenvalue weighted by molar-refractivity contribution is -0.145. The Labute approximate surface area is 449 Å². The lowest BCUT2D eigenvalue weighted by Crippen LogP contribution is -2.58. The van der Waals surface area contributed by atoms with Gasteiger partial charge >= 0.3 is 0 Å². The van der Waals surface area contributed by atoms with Gasteiger partial charge in [0.2, 0.25) is 11.8 Å². The van der Waals surface area contributed by atoms with Gasteiger partial charge in [0.1, 0.15) is 23.4 Å². The number of anilines is 2. The van der Waals surface area contributed by atoms with E-state index in [0.717, 1.165) is 67.1 Å². The molecule has 410 valence electrons. The van der Waals surface area contributed by atoms with Crippen LogP contribution in [0.15, 0.2) is 71.4 Å². The fraction of sp³-hybridized carbons (Fsp3) is 0.436. The Balaban J connectivity index is 0.795. The van der Waals surface area contributed by atoms with Crippen molar-refractivity contribution in [1.29, 1.82) is 0 Å². The Kier molecular flexibility index (Phi) is 17.3. The summed E-state index contributed by atoms with van der Waals surface area (Å²) in [6.07, 6.45) is 11.0. The minimum absolute atomic E-state index is 0.00869. The number of carbonyl (C=O) groups excluding carboxylic acids is 4. The van der Waals surface area contributed by atoms with Gasteiger partial charge in [-0.3, -0.25) is 24.0 Å². The van der Waals surface area contributed by atoms with Gasteiger partial charge in [-0.05, 0) is 78.3 Å². The number of amides is 4. The average Bonchev–Trinajstić information content (AvgIpc) is 4.17. The van der Waals surface area contributed by atoms with Crippen LogP contribution in [-0.2, 0) is 43.6 Å². The van der Waals surface area contributed by atoms with E-state index in [9.17, 15) is 41.9 Å². The smallest absolute Gasteiger partial charge is 0.275 e. The third-order valence-electron chi connectivity index (χ3n) is 14.0. The van der Waals surface area contributed by atoms with Gasteiger partial charge < -0.3 is 39.9 Å². The Bertz CT molecular complexity index is 3350. The summed E-state index contributed by atoms with van der Waals surface area (Å²) in [4.78, 5) is 88.6. The number of hydroxylamine groups is 1. The third kappa shape index (κ3) is 13.2. The predicted octanol–water partition coefficient (Wildman–Crippen LogP) is 7.68. The minimum Gasteiger partial charge on any atom is -0.391 e. The van der Waals surface area contributed by atoms with Gasteiger partial charge in [0.25, 0.3) is 17.4 Å². The monoisotopic (exact) mass is 1100 g/mol. The number of fused-ring (bicyclic) bond motifs is 2. The zero-order valence-electron chi connectivity index (χ0n) is 44.0. The van der Waals surface area contributed by atoms with Gasteiger partial charge in [0.05, 0.1) is 46.4 Å². The lowest BCUT2D eigenvalue weighted by Gasteiger charge is -2.35. The molecule has 2 aliphatic rings. The Hall–Kier alpha value is -7.04. The Morgan fingerprint density at radius 3 is 2.34 bits per heavy atom. The molecule has 0 radical (unpaired) electrons. The van der Waals surface area contributed by atoms with Crippen molar-refractivity contribution in [3.63, 3.8) is 0 Å². The quantitative estimate of drug-likeness (QED) is 0.0345. The van der Waals surface area contributed by atoms with Gasteiger partial charge in [0, 0.05) is 79.8 Å². The zero-order chi connectivity index (χ0) is 55.3. The van der Waals surface area contributed by atoms with Crippen LogP contribution in [0, 0.1) is 24.0 Å². The number of sulfone groups is 1. The van der Waals surface area contributed by atoms with Crippen molar-refractivity contribution < 1.29 is 46.3 Å². The number of hydrogen-bond acceptors (Lipinski definition) is 13. The normalized spacial score (nSPS) is 15.8. The number of aliphatic hydroxyl groups excluding tert-OH is 1. The summed E-state index contributed by atoms with van der Waals surface area (Å²) in [7, 11) is -2.09. The first-order chi connectivity index (χ1) is 36.6. The number of hydrogen-bond donors (Lipinski definition) is 5. The van der Waals surface area contributed by atoms with Crippen molar-refractivity contribution in [1.82, 2.24) is 40.5 Å². The number of pyridine rings is 2. The molecule has 3 atom stereocenters. The number of H-pyrrole nitrogens is 1. The highest BCUT2D eigenvalue weighted by Gasteiger charge is 2.45. The van der Waals surface area contributed by atoms with Crippen molar-refractivity contribution in [2.75, 3.05) is 24.2 Å². The summed E-state index contributed by atoms with van der Waals surface area (Å²) in [6, 6.07) is 9.00. The average molecular weight is 1100 g/mol. The van der Waals surface area contributed by atoms with E-state index in [1.165, 1.54) is 31.8 Å². The van der Waals surface area contributed by atoms with E-state index in [1.807, 2.05) is 39.8 Å². The highest BCUT2D eigenvalue weighted by atomic mass is 32.2. The number of likely N-dealkylation sites (tertiary alicyclic amines) is 1. The molecule has 5 N–H and O–H groups in total. The molecule has 6 aromatic rings. The van der Waals surface area contributed by atoms with Crippen LogP contribution in [0.3, 0.4) is 0 Å². The molecular formula is C55H65F2N9O9S2. The Morgan fingerprint density at radius 1 is 0.974 bits per heavy atom. The summed E-state index contributed by atoms with van der Waals surface area (Å²) in [5, 5.41) is 17.0. The van der Waals surface area contributed by atoms with E-state index < -0.39 is 68.5 Å². The number of aliphatic hydroxyl groups is 1. The number of carbonyl (C=O) groups is 4. The molecule has 6 heterocycles. The number of halogens is 2. The van der Waals surface area contributed by atoms with E-state index in [0.29, 0.717) is 64.5 Å². The lowest BCUT2D eigenvalue weighted by atomic mass is 9.85. The molecule has 4 aromatic heterocycles. The first-order valence-electron chi connectivity index (χ1n) is 25.7. The highest BCUT2D eigenvalue weighted by molar-refractivity contribution is 7.89. The maximum absolute atomic E-state index is 15.5. The molecule has 2 aromatic carbocycles. The number of thiazole rings is 1. The highest BCUT2D eigenvalue weighted by Crippen LogP contribution is 2.45. The van der Waals surface area contributed by atoms with Crippen LogP contribution in [0.2, 0.25) is 0 Å². The second kappa shape index (κ2) is 23.7. The molecule has 22 heteroatoms. The van der Waals surface area contributed by atoms with Crippen LogP contribution in [0.25, 0.3) is 32.5 Å². The SMILES string of the molecule is Cc1ncsc1-c1ccc(ONC(=O)C2CC(O)CN2C(=O)C(NC(=O)CCCCCCCCCCNC(=O)c2cc3c(cc2CS(C)(=O)=O)-c2cn(C)c(=O)c4[nH]cc(c24)CN3c2ncc(F)cc2F)C(C)(C)C)cc1. The zero-order valence-corrected chi connectivity index (χ0v) is 45.6. The van der Waals surface area contributed by atoms with Crippen molar-refractivity contribution in [3.05, 3.63) is 111 Å². The van der Waals surface area contributed by atoms with Gasteiger partial charge in [-0.15, -0.1) is 11.3 Å². The molecular weight excluding hydrogens is 1030 g/mol. The summed E-state index contributed by atoms with van der Waals surface area (Å²) < 4.78 is 56.6. The Morgan fingerprint density at radius 2 is 1.68 bits per heavy atom. The summed E-state index contributed by atoms with van der Waals surface area (Å²) in [5.74, 6) is -4.01. The molecule has 18 nitrogen and oxygen atoms in total. The van der Waals surface area contributed by atoms with Gasteiger partial charge in [-0.25, -0.2) is 27.2 Å². The van der Waals surface area contributed by atoms with E-state index >= 15 is 4.39 Å². The predicted molar refractivity (Wildman–Crippen MR) is 290 cm³/mol. The van der Waals surface area contributed by atoms with E-state index in [2.05, 4.69) is 31.1 Å². The number of rotatable bonds is 21. The summed E-state index contributed by atoms with van der Waals surface area (Å²) in [5.41, 5.74) is 7.55. The maximum Gasteiger partial charge on any atom is 0.275 e. The van der Waals surface area contributed by atoms with Crippen molar-refractivity contribution >= 4 is 67.2 Å². The molecule has 0 aliphatic carbocycles. The largest absolute Gasteiger partial charge is 0.391 e. The van der Waals surface area contributed by atoms with Gasteiger partial charge in [0.15, 0.2) is 27.2 Å². The maximum atomic E-state index is 15.5. The third-order valence-corrected chi connectivity index (χ3v) is 15.8. The molecule has 8 rings (SSSR count). The van der Waals surface area contributed by atoms with E-state index in [4.69, 9.17) is 4.84 Å². The molecule has 4 amide bonds. The first kappa shape index (κ1) is 56.2. The standard InChI is InChI=1S/C55H65F2N9O9S2/c1-32-48(76-31-61-32)33-16-18-38(19-17-33)75-63-52(70)44-23-37(67)28-66(44)54(72)49(55(2,3)4)62-45(68)15-13-11-9-7-8-10-12-14-20-58-51(69)39-24-43-40(21-34(39)30-77(6,73)74)41-29-64(5)53(71)47-46(41)35(25-59-47)27-65(43)50-42(57)22-36(56)26-60-50/h16-19,21-22,24-26,29,31,37,44,49,59,67H,7-15,20,23,27-28,30H2,1-6H3,(H,58,69)(H,62,68)(H,63,70). The van der Waals surface area contributed by atoms with Gasteiger partial charge in [-0.1, -0.05) is 59.3 Å². The van der Waals surface area contributed by atoms with Crippen LogP contribution in [0.1, 0.15) is 112 Å². The topological polar surface area (TPSA) is 238 Å². The number of aromatic amines is 1. The number of nitrogens with zero attached hydrogens (tertiary/aromatic N) is 5. The van der Waals surface area contributed by atoms with Crippen LogP contribution in [0.5, 0.6) is 5.75 Å². The summed E-state index contributed by atoms with van der Waals surface area (Å²) >= 11 is 1.52. The van der Waals surface area contributed by atoms with Crippen molar-refractivity contribution in [2.24, 2.45) is 12.5 Å². The molecule has 0 spiro atoms. The number of β-amino-alcohol motifs (C(OH)–C–C–N with tert-alkyl or cyclic N) is 1. The number of benzene rings is 2. The molecule has 2 aliphatic heterocycles. The number of unbranched alkanes of at least 4 members (excludes halogenated alkanes) is 7. The van der Waals surface area contributed by atoms with Crippen LogP contribution >= 0.6 is 11.3 Å². The number of aryl methyl sites for hydroxylation is 2. The molecule has 0 bridgehead atoms. The van der Waals surface area contributed by atoms with E-state index in [-0.39, 0.29) is 54.3 Å². The van der Waals surface area contributed by atoms with Gasteiger partial charge in [-0.2, -0.15) is 5.48 Å². The van der Waals surface area contributed by atoms with Crippen LogP contribution < -0.4 is 31.4 Å².